The number of esters is 1. The van der Waals surface area contributed by atoms with Crippen LogP contribution >= 0.6 is 11.8 Å². The summed E-state index contributed by atoms with van der Waals surface area (Å²) in [5, 5.41) is 1.04. The summed E-state index contributed by atoms with van der Waals surface area (Å²) < 4.78 is 4.77. The Bertz CT molecular complexity index is 472. The molecule has 1 aromatic rings. The second-order valence-corrected chi connectivity index (χ2v) is 7.67. The lowest BCUT2D eigenvalue weighted by molar-refractivity contribution is -0.141. The first-order chi connectivity index (χ1) is 9.35. The number of ether oxygens (including phenoxy) is 1. The summed E-state index contributed by atoms with van der Waals surface area (Å²) in [6.45, 7) is 6.56. The highest BCUT2D eigenvalue weighted by atomic mass is 32.2. The van der Waals surface area contributed by atoms with Crippen LogP contribution in [0.4, 0.5) is 0 Å². The molecule has 3 nitrogen and oxygen atoms in total. The molecule has 110 valence electrons. The molecule has 0 aliphatic heterocycles. The summed E-state index contributed by atoms with van der Waals surface area (Å²) in [5.41, 5.74) is 1.54. The van der Waals surface area contributed by atoms with E-state index < -0.39 is 0 Å². The van der Waals surface area contributed by atoms with E-state index >= 15 is 0 Å². The fourth-order valence-corrected chi connectivity index (χ4v) is 3.20. The smallest absolute Gasteiger partial charge is 0.306 e. The predicted octanol–water partition coefficient (Wildman–Crippen LogP) is 3.81. The van der Waals surface area contributed by atoms with Gasteiger partial charge in [-0.3, -0.25) is 4.79 Å². The van der Waals surface area contributed by atoms with Gasteiger partial charge in [-0.1, -0.05) is 26.8 Å². The summed E-state index contributed by atoms with van der Waals surface area (Å²) >= 11 is 1.74. The number of methoxy groups -OCH3 is 1. The SMILES string of the molecule is COC(=O)CC1(CSc2ccc(C(C)(C)C)cn2)CC1. The average Bonchev–Trinajstić information content (AvgIpc) is 3.16. The van der Waals surface area contributed by atoms with Gasteiger partial charge in [-0.25, -0.2) is 4.98 Å². The third-order valence-electron chi connectivity index (χ3n) is 3.83. The van der Waals surface area contributed by atoms with Crippen LogP contribution in [0.15, 0.2) is 23.4 Å². The summed E-state index contributed by atoms with van der Waals surface area (Å²) in [4.78, 5) is 15.9. The Labute approximate surface area is 125 Å². The first-order valence-corrected chi connectivity index (χ1v) is 7.99. The van der Waals surface area contributed by atoms with Crippen LogP contribution in [0, 0.1) is 5.41 Å². The van der Waals surface area contributed by atoms with Crippen molar-refractivity contribution < 1.29 is 9.53 Å². The van der Waals surface area contributed by atoms with Crippen molar-refractivity contribution in [3.8, 4) is 0 Å². The molecule has 0 unspecified atom stereocenters. The van der Waals surface area contributed by atoms with Crippen LogP contribution in [0.3, 0.4) is 0 Å². The zero-order valence-electron chi connectivity index (χ0n) is 12.7. The highest BCUT2D eigenvalue weighted by molar-refractivity contribution is 7.99. The van der Waals surface area contributed by atoms with Gasteiger partial charge in [0.05, 0.1) is 18.6 Å². The van der Waals surface area contributed by atoms with Crippen LogP contribution in [0.25, 0.3) is 0 Å². The van der Waals surface area contributed by atoms with E-state index in [1.807, 2.05) is 6.20 Å². The molecule has 0 spiro atoms. The molecule has 1 aliphatic carbocycles. The van der Waals surface area contributed by atoms with Crippen molar-refractivity contribution in [3.05, 3.63) is 23.9 Å². The van der Waals surface area contributed by atoms with Gasteiger partial charge < -0.3 is 4.74 Å². The summed E-state index contributed by atoms with van der Waals surface area (Å²) in [5.74, 6) is 0.850. The predicted molar refractivity (Wildman–Crippen MR) is 82.0 cm³/mol. The molecule has 0 N–H and O–H groups in total. The molecule has 0 saturated heterocycles. The molecule has 1 aromatic heterocycles. The van der Waals surface area contributed by atoms with E-state index in [1.54, 1.807) is 11.8 Å². The largest absolute Gasteiger partial charge is 0.469 e. The maximum atomic E-state index is 11.4. The number of pyridine rings is 1. The van der Waals surface area contributed by atoms with Gasteiger partial charge >= 0.3 is 5.97 Å². The van der Waals surface area contributed by atoms with Crippen molar-refractivity contribution in [2.24, 2.45) is 5.41 Å². The molecule has 1 saturated carbocycles. The fraction of sp³-hybridized carbons (Fsp3) is 0.625. The Hall–Kier alpha value is -1.03. The van der Waals surface area contributed by atoms with Crippen molar-refractivity contribution in [1.82, 2.24) is 4.98 Å². The van der Waals surface area contributed by atoms with E-state index in [2.05, 4.69) is 37.9 Å². The minimum Gasteiger partial charge on any atom is -0.469 e. The number of aromatic nitrogens is 1. The second-order valence-electron chi connectivity index (χ2n) is 6.68. The highest BCUT2D eigenvalue weighted by Gasteiger charge is 2.44. The van der Waals surface area contributed by atoms with Crippen molar-refractivity contribution >= 4 is 17.7 Å². The molecular formula is C16H23NO2S. The molecule has 1 fully saturated rings. The number of hydrogen-bond donors (Lipinski definition) is 0. The summed E-state index contributed by atoms with van der Waals surface area (Å²) in [7, 11) is 1.46. The topological polar surface area (TPSA) is 39.2 Å². The Kier molecular flexibility index (Phi) is 4.43. The Balaban J connectivity index is 1.90. The molecule has 20 heavy (non-hydrogen) atoms. The minimum absolute atomic E-state index is 0.0980. The molecule has 0 amide bonds. The standard InChI is InChI=1S/C16H23NO2S/c1-15(2,3)12-5-6-13(17-10-12)20-11-16(7-8-16)9-14(18)19-4/h5-6,10H,7-9,11H2,1-4H3. The van der Waals surface area contributed by atoms with Crippen molar-refractivity contribution in [3.63, 3.8) is 0 Å². The molecule has 4 heteroatoms. The van der Waals surface area contributed by atoms with Gasteiger partial charge in [-0.2, -0.15) is 0 Å². The summed E-state index contributed by atoms with van der Waals surface area (Å²) in [6, 6.07) is 4.23. The van der Waals surface area contributed by atoms with E-state index in [-0.39, 0.29) is 16.8 Å². The monoisotopic (exact) mass is 293 g/mol. The molecule has 2 rings (SSSR count). The van der Waals surface area contributed by atoms with E-state index in [0.29, 0.717) is 6.42 Å². The first-order valence-electron chi connectivity index (χ1n) is 7.01. The van der Waals surface area contributed by atoms with E-state index in [1.165, 1.54) is 12.7 Å². The highest BCUT2D eigenvalue weighted by Crippen LogP contribution is 2.52. The third-order valence-corrected chi connectivity index (χ3v) is 5.13. The normalized spacial score (nSPS) is 16.8. The van der Waals surface area contributed by atoms with Crippen molar-refractivity contribution in [2.45, 2.75) is 50.5 Å². The van der Waals surface area contributed by atoms with Gasteiger partial charge in [-0.15, -0.1) is 11.8 Å². The lowest BCUT2D eigenvalue weighted by Gasteiger charge is -2.18. The molecule has 1 aliphatic rings. The quantitative estimate of drug-likeness (QED) is 0.611. The number of thioether (sulfide) groups is 1. The van der Waals surface area contributed by atoms with E-state index in [0.717, 1.165) is 23.6 Å². The maximum Gasteiger partial charge on any atom is 0.306 e. The number of rotatable bonds is 5. The van der Waals surface area contributed by atoms with Crippen molar-refractivity contribution in [2.75, 3.05) is 12.9 Å². The van der Waals surface area contributed by atoms with E-state index in [4.69, 9.17) is 4.74 Å². The van der Waals surface area contributed by atoms with Crippen LogP contribution in [0.1, 0.15) is 45.6 Å². The Morgan fingerprint density at radius 2 is 2.10 bits per heavy atom. The van der Waals surface area contributed by atoms with Gasteiger partial charge in [0.2, 0.25) is 0 Å². The third kappa shape index (κ3) is 3.98. The molecule has 1 heterocycles. The average molecular weight is 293 g/mol. The van der Waals surface area contributed by atoms with Crippen LogP contribution in [-0.2, 0) is 14.9 Å². The van der Waals surface area contributed by atoms with Crippen LogP contribution in [0.2, 0.25) is 0 Å². The molecular weight excluding hydrogens is 270 g/mol. The maximum absolute atomic E-state index is 11.4. The van der Waals surface area contributed by atoms with Crippen molar-refractivity contribution in [1.29, 1.82) is 0 Å². The number of nitrogens with zero attached hydrogens (tertiary/aromatic N) is 1. The lowest BCUT2D eigenvalue weighted by Crippen LogP contribution is -2.13. The van der Waals surface area contributed by atoms with Gasteiger partial charge in [0.15, 0.2) is 0 Å². The Morgan fingerprint density at radius 1 is 1.40 bits per heavy atom. The summed E-state index contributed by atoms with van der Waals surface area (Å²) in [6.07, 6.45) is 4.74. The zero-order valence-corrected chi connectivity index (χ0v) is 13.5. The molecule has 0 radical (unpaired) electrons. The molecule has 0 aromatic carbocycles. The minimum atomic E-state index is -0.0980. The van der Waals surface area contributed by atoms with Crippen LogP contribution in [0.5, 0.6) is 0 Å². The molecule has 0 atom stereocenters. The first kappa shape index (κ1) is 15.4. The van der Waals surface area contributed by atoms with Gasteiger partial charge in [-0.05, 0) is 35.3 Å². The number of carbonyl (C=O) groups is 1. The molecule has 0 bridgehead atoms. The van der Waals surface area contributed by atoms with E-state index in [9.17, 15) is 4.79 Å². The second kappa shape index (κ2) is 5.76. The zero-order chi connectivity index (χ0) is 14.8. The lowest BCUT2D eigenvalue weighted by atomic mass is 9.88. The van der Waals surface area contributed by atoms with Gasteiger partial charge in [0.1, 0.15) is 0 Å². The fourth-order valence-electron chi connectivity index (χ4n) is 2.06. The number of carbonyl (C=O) groups excluding carboxylic acids is 1. The number of hydrogen-bond acceptors (Lipinski definition) is 4. The Morgan fingerprint density at radius 3 is 2.55 bits per heavy atom. The van der Waals surface area contributed by atoms with Crippen LogP contribution in [-0.4, -0.2) is 23.8 Å². The van der Waals surface area contributed by atoms with Gasteiger partial charge in [0.25, 0.3) is 0 Å². The van der Waals surface area contributed by atoms with Gasteiger partial charge in [0, 0.05) is 11.9 Å². The van der Waals surface area contributed by atoms with Crippen LogP contribution < -0.4 is 0 Å².